The van der Waals surface area contributed by atoms with Gasteiger partial charge in [0.25, 0.3) is 0 Å². The summed E-state index contributed by atoms with van der Waals surface area (Å²) >= 11 is 0. The van der Waals surface area contributed by atoms with Crippen molar-refractivity contribution in [3.8, 4) is 0 Å². The van der Waals surface area contributed by atoms with Gasteiger partial charge in [-0.2, -0.15) is 0 Å². The van der Waals surface area contributed by atoms with Gasteiger partial charge in [0, 0.05) is 26.2 Å². The van der Waals surface area contributed by atoms with Crippen molar-refractivity contribution >= 4 is 10.8 Å². The summed E-state index contributed by atoms with van der Waals surface area (Å²) in [6, 6.07) is 15.6. The molecule has 4 rings (SSSR count). The lowest BCUT2D eigenvalue weighted by Gasteiger charge is -2.42. The molecular weight excluding hydrogens is 286 g/mol. The highest BCUT2D eigenvalue weighted by Crippen LogP contribution is 2.43. The van der Waals surface area contributed by atoms with E-state index < -0.39 is 0 Å². The van der Waals surface area contributed by atoms with E-state index in [-0.39, 0.29) is 11.7 Å². The number of fused-ring (bicyclic) bond motifs is 2. The van der Waals surface area contributed by atoms with Crippen LogP contribution in [0.3, 0.4) is 0 Å². The monoisotopic (exact) mass is 311 g/mol. The van der Waals surface area contributed by atoms with Gasteiger partial charge in [0.05, 0.1) is 11.7 Å². The topological polar surface area (TPSA) is 32.7 Å². The minimum atomic E-state index is -0.180. The van der Waals surface area contributed by atoms with E-state index in [2.05, 4.69) is 47.4 Å². The van der Waals surface area contributed by atoms with Crippen LogP contribution in [0.5, 0.6) is 0 Å². The predicted molar refractivity (Wildman–Crippen MR) is 92.4 cm³/mol. The molecule has 0 amide bonds. The Kier molecular flexibility index (Phi) is 3.88. The second-order valence-electron chi connectivity index (χ2n) is 7.11. The van der Waals surface area contributed by atoms with Crippen molar-refractivity contribution in [1.29, 1.82) is 0 Å². The number of ether oxygens (including phenoxy) is 1. The van der Waals surface area contributed by atoms with Gasteiger partial charge in [0.1, 0.15) is 0 Å². The molecule has 2 aromatic carbocycles. The molecule has 0 unspecified atom stereocenters. The number of aliphatic hydroxyl groups excluding tert-OH is 1. The Morgan fingerprint density at radius 3 is 2.83 bits per heavy atom. The van der Waals surface area contributed by atoms with Gasteiger partial charge < -0.3 is 9.84 Å². The maximum atomic E-state index is 10.1. The second kappa shape index (κ2) is 5.90. The van der Waals surface area contributed by atoms with Crippen molar-refractivity contribution in [3.63, 3.8) is 0 Å². The van der Waals surface area contributed by atoms with Crippen molar-refractivity contribution in [2.24, 2.45) is 0 Å². The molecule has 1 N–H and O–H groups in total. The molecule has 2 aromatic rings. The molecule has 2 aliphatic rings. The Morgan fingerprint density at radius 1 is 1.17 bits per heavy atom. The van der Waals surface area contributed by atoms with Crippen molar-refractivity contribution in [1.82, 2.24) is 4.90 Å². The van der Waals surface area contributed by atoms with Crippen LogP contribution in [-0.2, 0) is 11.3 Å². The average Bonchev–Trinajstić information content (AvgIpc) is 2.93. The minimum absolute atomic E-state index is 0.0456. The normalized spacial score (nSPS) is 31.4. The third-order valence-corrected chi connectivity index (χ3v) is 5.87. The van der Waals surface area contributed by atoms with Gasteiger partial charge in [-0.05, 0) is 48.1 Å². The van der Waals surface area contributed by atoms with Crippen molar-refractivity contribution in [2.75, 3.05) is 13.7 Å². The highest BCUT2D eigenvalue weighted by molar-refractivity contribution is 5.82. The van der Waals surface area contributed by atoms with Crippen LogP contribution in [0.2, 0.25) is 0 Å². The summed E-state index contributed by atoms with van der Waals surface area (Å²) < 4.78 is 5.94. The molecule has 1 heterocycles. The Labute approximate surface area is 137 Å². The highest BCUT2D eigenvalue weighted by Gasteiger charge is 2.50. The van der Waals surface area contributed by atoms with Gasteiger partial charge in [-0.25, -0.2) is 0 Å². The van der Waals surface area contributed by atoms with Crippen LogP contribution in [0.4, 0.5) is 0 Å². The molecule has 2 fully saturated rings. The second-order valence-corrected chi connectivity index (χ2v) is 7.11. The number of aliphatic hydroxyl groups is 1. The average molecular weight is 311 g/mol. The maximum Gasteiger partial charge on any atom is 0.0847 e. The molecular formula is C20H25NO2. The number of nitrogens with zero attached hydrogens (tertiary/aromatic N) is 1. The number of hydrogen-bond acceptors (Lipinski definition) is 3. The Balaban J connectivity index is 1.57. The summed E-state index contributed by atoms with van der Waals surface area (Å²) in [5, 5.41) is 12.7. The lowest BCUT2D eigenvalue weighted by atomic mass is 9.79. The van der Waals surface area contributed by atoms with Crippen LogP contribution < -0.4 is 0 Å². The van der Waals surface area contributed by atoms with Crippen LogP contribution in [0.15, 0.2) is 42.5 Å². The number of rotatable bonds is 3. The van der Waals surface area contributed by atoms with Gasteiger partial charge in [-0.3, -0.25) is 4.90 Å². The number of methoxy groups -OCH3 is 1. The van der Waals surface area contributed by atoms with E-state index in [1.54, 1.807) is 0 Å². The number of likely N-dealkylation sites (tertiary alicyclic amines) is 1. The number of benzene rings is 2. The van der Waals surface area contributed by atoms with E-state index >= 15 is 0 Å². The van der Waals surface area contributed by atoms with E-state index in [0.29, 0.717) is 6.04 Å². The smallest absolute Gasteiger partial charge is 0.0847 e. The highest BCUT2D eigenvalue weighted by atomic mass is 16.5. The van der Waals surface area contributed by atoms with Gasteiger partial charge in [-0.15, -0.1) is 0 Å². The molecule has 23 heavy (non-hydrogen) atoms. The summed E-state index contributed by atoms with van der Waals surface area (Å²) in [6.07, 6.45) is 3.58. The quantitative estimate of drug-likeness (QED) is 0.943. The fourth-order valence-corrected chi connectivity index (χ4v) is 4.53. The van der Waals surface area contributed by atoms with E-state index in [0.717, 1.165) is 38.8 Å². The van der Waals surface area contributed by atoms with Crippen LogP contribution in [0.1, 0.15) is 31.2 Å². The summed E-state index contributed by atoms with van der Waals surface area (Å²) in [5.41, 5.74) is 1.30. The molecule has 0 radical (unpaired) electrons. The van der Waals surface area contributed by atoms with E-state index in [1.807, 2.05) is 7.11 Å². The Hall–Kier alpha value is -1.42. The molecule has 122 valence electrons. The van der Waals surface area contributed by atoms with Crippen molar-refractivity contribution < 1.29 is 9.84 Å². The largest absolute Gasteiger partial charge is 0.393 e. The molecule has 3 nitrogen and oxygen atoms in total. The van der Waals surface area contributed by atoms with Crippen LogP contribution >= 0.6 is 0 Å². The fourth-order valence-electron chi connectivity index (χ4n) is 4.53. The summed E-state index contributed by atoms with van der Waals surface area (Å²) in [7, 11) is 1.84. The first-order valence-corrected chi connectivity index (χ1v) is 8.65. The lowest BCUT2D eigenvalue weighted by Crippen LogP contribution is -2.51. The van der Waals surface area contributed by atoms with Gasteiger partial charge in [0.15, 0.2) is 0 Å². The summed E-state index contributed by atoms with van der Waals surface area (Å²) in [5.74, 6) is 0. The molecule has 1 saturated carbocycles. The van der Waals surface area contributed by atoms with Gasteiger partial charge >= 0.3 is 0 Å². The fraction of sp³-hybridized carbons (Fsp3) is 0.500. The molecule has 3 atom stereocenters. The van der Waals surface area contributed by atoms with E-state index in [9.17, 15) is 5.11 Å². The Morgan fingerprint density at radius 2 is 2.00 bits per heavy atom. The van der Waals surface area contributed by atoms with Crippen LogP contribution in [0, 0.1) is 0 Å². The standard InChI is InChI=1S/C20H25NO2/c1-23-20-9-8-18(22)13-19(20)21(11-10-20)14-15-6-7-16-4-2-3-5-17(16)12-15/h2-7,12,18-19,22H,8-11,13-14H2,1H3/t18-,19-,20+/m0/s1. The summed E-state index contributed by atoms with van der Waals surface area (Å²) in [6.45, 7) is 1.99. The SMILES string of the molecule is CO[C@@]12CC[C@H](O)C[C@@H]1N(Cc1ccc3ccccc3c1)CC2. The molecule has 1 aliphatic carbocycles. The van der Waals surface area contributed by atoms with Gasteiger partial charge in [-0.1, -0.05) is 36.4 Å². The molecule has 1 saturated heterocycles. The first kappa shape index (κ1) is 15.1. The van der Waals surface area contributed by atoms with Crippen molar-refractivity contribution in [2.45, 2.75) is 50.0 Å². The molecule has 0 spiro atoms. The van der Waals surface area contributed by atoms with Crippen molar-refractivity contribution in [3.05, 3.63) is 48.0 Å². The van der Waals surface area contributed by atoms with Crippen LogP contribution in [0.25, 0.3) is 10.8 Å². The molecule has 3 heteroatoms. The zero-order valence-corrected chi connectivity index (χ0v) is 13.7. The predicted octanol–water partition coefficient (Wildman–Crippen LogP) is 3.34. The van der Waals surface area contributed by atoms with E-state index in [4.69, 9.17) is 4.74 Å². The van der Waals surface area contributed by atoms with Crippen LogP contribution in [-0.4, -0.2) is 41.4 Å². The third kappa shape index (κ3) is 2.67. The third-order valence-electron chi connectivity index (χ3n) is 5.87. The first-order chi connectivity index (χ1) is 11.2. The minimum Gasteiger partial charge on any atom is -0.393 e. The van der Waals surface area contributed by atoms with Gasteiger partial charge in [0.2, 0.25) is 0 Å². The molecule has 1 aliphatic heterocycles. The molecule has 0 aromatic heterocycles. The first-order valence-electron chi connectivity index (χ1n) is 8.65. The maximum absolute atomic E-state index is 10.1. The van der Waals surface area contributed by atoms with E-state index in [1.165, 1.54) is 16.3 Å². The zero-order chi connectivity index (χ0) is 15.9. The lowest BCUT2D eigenvalue weighted by molar-refractivity contribution is -0.0879. The Bertz CT molecular complexity index is 701. The number of hydrogen-bond donors (Lipinski definition) is 1. The summed E-state index contributed by atoms with van der Waals surface area (Å²) in [4.78, 5) is 2.51. The molecule has 0 bridgehead atoms. The zero-order valence-electron chi connectivity index (χ0n) is 13.7.